The van der Waals surface area contributed by atoms with E-state index in [1.165, 1.54) is 0 Å². The second-order valence-electron chi connectivity index (χ2n) is 4.35. The van der Waals surface area contributed by atoms with Gasteiger partial charge in [-0.1, -0.05) is 0 Å². The summed E-state index contributed by atoms with van der Waals surface area (Å²) in [4.78, 5) is 10.8. The van der Waals surface area contributed by atoms with Gasteiger partial charge in [0, 0.05) is 5.57 Å². The first-order valence-corrected chi connectivity index (χ1v) is 5.54. The second kappa shape index (κ2) is 5.42. The van der Waals surface area contributed by atoms with Crippen molar-refractivity contribution >= 4 is 11.5 Å². The molecule has 0 amide bonds. The number of benzene rings is 1. The summed E-state index contributed by atoms with van der Waals surface area (Å²) in [5, 5.41) is 8.77. The van der Waals surface area contributed by atoms with Crippen molar-refractivity contribution in [3.8, 4) is 0 Å². The molecule has 1 rings (SSSR count). The molecular weight excluding hydrogens is 302 g/mol. The molecule has 1 aromatic rings. The Morgan fingerprint density at radius 1 is 0.905 bits per heavy atom. The number of carbonyl (C=O) groups is 1. The maximum atomic E-state index is 12.7. The molecule has 116 valence electrons. The van der Waals surface area contributed by atoms with Crippen molar-refractivity contribution in [2.75, 3.05) is 0 Å². The zero-order valence-electron chi connectivity index (χ0n) is 10.9. The highest BCUT2D eigenvalue weighted by molar-refractivity contribution is 5.95. The molecule has 1 aromatic carbocycles. The molecule has 0 unspecified atom stereocenters. The SMILES string of the molecule is CC(C(=O)O)=C(C)c1cc(C(F)(F)F)cc(C(F)(F)F)c1. The Morgan fingerprint density at radius 3 is 1.57 bits per heavy atom. The van der Waals surface area contributed by atoms with E-state index in [0.29, 0.717) is 12.1 Å². The lowest BCUT2D eigenvalue weighted by Gasteiger charge is -2.15. The van der Waals surface area contributed by atoms with Gasteiger partial charge in [0.1, 0.15) is 0 Å². The van der Waals surface area contributed by atoms with Crippen LogP contribution in [0.5, 0.6) is 0 Å². The van der Waals surface area contributed by atoms with Gasteiger partial charge in [0.2, 0.25) is 0 Å². The van der Waals surface area contributed by atoms with Gasteiger partial charge in [-0.15, -0.1) is 0 Å². The van der Waals surface area contributed by atoms with Gasteiger partial charge >= 0.3 is 18.3 Å². The number of hydrogen-bond donors (Lipinski definition) is 1. The summed E-state index contributed by atoms with van der Waals surface area (Å²) in [5.74, 6) is -1.42. The number of hydrogen-bond acceptors (Lipinski definition) is 1. The Balaban J connectivity index is 3.61. The predicted octanol–water partition coefficient (Wildman–Crippen LogP) is 4.60. The molecule has 0 bridgehead atoms. The maximum absolute atomic E-state index is 12.7. The molecule has 0 saturated carbocycles. The number of carboxylic acids is 1. The highest BCUT2D eigenvalue weighted by Gasteiger charge is 2.37. The minimum Gasteiger partial charge on any atom is -0.478 e. The molecule has 0 aliphatic rings. The molecule has 0 fully saturated rings. The minimum absolute atomic E-state index is 0.00706. The van der Waals surface area contributed by atoms with Crippen molar-refractivity contribution in [3.63, 3.8) is 0 Å². The Bertz CT molecular complexity index is 563. The molecule has 0 aromatic heterocycles. The average Bonchev–Trinajstić information content (AvgIpc) is 2.34. The lowest BCUT2D eigenvalue weighted by atomic mass is 9.97. The molecule has 0 saturated heterocycles. The highest BCUT2D eigenvalue weighted by atomic mass is 19.4. The van der Waals surface area contributed by atoms with Gasteiger partial charge < -0.3 is 5.11 Å². The molecule has 1 N–H and O–H groups in total. The Morgan fingerprint density at radius 2 is 1.29 bits per heavy atom. The number of rotatable bonds is 2. The van der Waals surface area contributed by atoms with Crippen LogP contribution in [-0.2, 0) is 17.1 Å². The van der Waals surface area contributed by atoms with E-state index in [2.05, 4.69) is 0 Å². The standard InChI is InChI=1S/C13H10F6O2/c1-6(7(2)11(20)21)8-3-9(12(14,15)16)5-10(4-8)13(17,18)19/h3-5H,1-2H3,(H,20,21). The molecule has 8 heteroatoms. The van der Waals surface area contributed by atoms with Gasteiger partial charge in [-0.25, -0.2) is 4.79 Å². The van der Waals surface area contributed by atoms with Crippen LogP contribution in [0.4, 0.5) is 26.3 Å². The van der Waals surface area contributed by atoms with E-state index < -0.39 is 35.0 Å². The number of aliphatic carboxylic acids is 1. The summed E-state index contributed by atoms with van der Waals surface area (Å²) < 4.78 is 76.0. The lowest BCUT2D eigenvalue weighted by molar-refractivity contribution is -0.143. The van der Waals surface area contributed by atoms with Crippen molar-refractivity contribution in [2.45, 2.75) is 26.2 Å². The van der Waals surface area contributed by atoms with Crippen LogP contribution in [0.25, 0.3) is 5.57 Å². The Labute approximate surface area is 115 Å². The van der Waals surface area contributed by atoms with Gasteiger partial charge in [-0.05, 0) is 43.2 Å². The third-order valence-corrected chi connectivity index (χ3v) is 2.90. The summed E-state index contributed by atoms with van der Waals surface area (Å²) >= 11 is 0. The largest absolute Gasteiger partial charge is 0.478 e. The first kappa shape index (κ1) is 17.1. The fourth-order valence-corrected chi connectivity index (χ4v) is 1.55. The summed E-state index contributed by atoms with van der Waals surface area (Å²) in [7, 11) is 0. The van der Waals surface area contributed by atoms with Crippen LogP contribution in [0.15, 0.2) is 23.8 Å². The van der Waals surface area contributed by atoms with Gasteiger partial charge in [0.15, 0.2) is 0 Å². The molecule has 0 spiro atoms. The average molecular weight is 312 g/mol. The highest BCUT2D eigenvalue weighted by Crippen LogP contribution is 2.37. The van der Waals surface area contributed by atoms with Crippen LogP contribution < -0.4 is 0 Å². The van der Waals surface area contributed by atoms with Crippen LogP contribution >= 0.6 is 0 Å². The third-order valence-electron chi connectivity index (χ3n) is 2.90. The zero-order chi connectivity index (χ0) is 16.6. The quantitative estimate of drug-likeness (QED) is 0.640. The van der Waals surface area contributed by atoms with E-state index in [1.807, 2.05) is 0 Å². The van der Waals surface area contributed by atoms with E-state index in [0.717, 1.165) is 13.8 Å². The van der Waals surface area contributed by atoms with Gasteiger partial charge in [-0.2, -0.15) is 26.3 Å². The maximum Gasteiger partial charge on any atom is 0.416 e. The topological polar surface area (TPSA) is 37.3 Å². The third kappa shape index (κ3) is 3.99. The number of carboxylic acid groups (broad SMARTS) is 1. The fourth-order valence-electron chi connectivity index (χ4n) is 1.55. The van der Waals surface area contributed by atoms with E-state index >= 15 is 0 Å². The molecule has 0 aliphatic carbocycles. The second-order valence-corrected chi connectivity index (χ2v) is 4.35. The van der Waals surface area contributed by atoms with Crippen molar-refractivity contribution in [3.05, 3.63) is 40.5 Å². The first-order valence-electron chi connectivity index (χ1n) is 5.54. The zero-order valence-corrected chi connectivity index (χ0v) is 10.9. The normalized spacial score (nSPS) is 13.9. The van der Waals surface area contributed by atoms with Crippen LogP contribution in [-0.4, -0.2) is 11.1 Å². The molecule has 0 atom stereocenters. The van der Waals surface area contributed by atoms with Crippen LogP contribution in [0.1, 0.15) is 30.5 Å². The van der Waals surface area contributed by atoms with E-state index in [4.69, 9.17) is 5.11 Å². The number of halogens is 6. The van der Waals surface area contributed by atoms with E-state index in [9.17, 15) is 31.1 Å². The van der Waals surface area contributed by atoms with Crippen molar-refractivity contribution in [2.24, 2.45) is 0 Å². The Kier molecular flexibility index (Phi) is 4.40. The van der Waals surface area contributed by atoms with Crippen LogP contribution in [0.2, 0.25) is 0 Å². The molecule has 2 nitrogen and oxygen atoms in total. The number of alkyl halides is 6. The van der Waals surface area contributed by atoms with Crippen LogP contribution in [0.3, 0.4) is 0 Å². The van der Waals surface area contributed by atoms with E-state index in [-0.39, 0.29) is 17.2 Å². The minimum atomic E-state index is -4.96. The molecule has 0 heterocycles. The molecule has 0 aliphatic heterocycles. The van der Waals surface area contributed by atoms with E-state index in [1.54, 1.807) is 0 Å². The van der Waals surface area contributed by atoms with Gasteiger partial charge in [0.05, 0.1) is 11.1 Å². The Hall–Kier alpha value is -1.99. The van der Waals surface area contributed by atoms with Crippen molar-refractivity contribution < 1.29 is 36.2 Å². The summed E-state index contributed by atoms with van der Waals surface area (Å²) in [6.07, 6.45) is -9.93. The summed E-state index contributed by atoms with van der Waals surface area (Å²) in [6.45, 7) is 2.25. The van der Waals surface area contributed by atoms with Gasteiger partial charge in [-0.3, -0.25) is 0 Å². The molecular formula is C13H10F6O2. The summed E-state index contributed by atoms with van der Waals surface area (Å²) in [5.41, 5.74) is -3.90. The fraction of sp³-hybridized carbons (Fsp3) is 0.308. The number of allylic oxidation sites excluding steroid dienone is 1. The lowest BCUT2D eigenvalue weighted by Crippen LogP contribution is -2.12. The molecule has 0 radical (unpaired) electrons. The summed E-state index contributed by atoms with van der Waals surface area (Å²) in [6, 6.07) is 0.987. The molecule has 21 heavy (non-hydrogen) atoms. The van der Waals surface area contributed by atoms with Crippen LogP contribution in [0, 0.1) is 0 Å². The van der Waals surface area contributed by atoms with Crippen molar-refractivity contribution in [1.82, 2.24) is 0 Å². The predicted molar refractivity (Wildman–Crippen MR) is 62.3 cm³/mol. The smallest absolute Gasteiger partial charge is 0.416 e. The monoisotopic (exact) mass is 312 g/mol. The van der Waals surface area contributed by atoms with Gasteiger partial charge in [0.25, 0.3) is 0 Å². The van der Waals surface area contributed by atoms with Crippen molar-refractivity contribution in [1.29, 1.82) is 0 Å². The first-order chi connectivity index (χ1) is 9.34.